The predicted molar refractivity (Wildman–Crippen MR) is 159 cm³/mol. The number of halogens is 3. The molecule has 0 saturated heterocycles. The summed E-state index contributed by atoms with van der Waals surface area (Å²) in [7, 11) is 3.14. The molecule has 212 valence electrons. The zero-order valence-electron chi connectivity index (χ0n) is 23.8. The molecule has 42 heavy (non-hydrogen) atoms. The molecule has 0 radical (unpaired) electrons. The first-order valence-corrected chi connectivity index (χ1v) is 13.9. The van der Waals surface area contributed by atoms with Crippen LogP contribution >= 0.6 is 0 Å². The minimum Gasteiger partial charge on any atom is -0.493 e. The first kappa shape index (κ1) is 26.4. The number of hydrogen-bond donors (Lipinski definition) is 0. The lowest BCUT2D eigenvalue weighted by Crippen LogP contribution is -2.36. The van der Waals surface area contributed by atoms with Gasteiger partial charge in [0.15, 0.2) is 17.1 Å². The fourth-order valence-electron chi connectivity index (χ4n) is 6.93. The smallest absolute Gasteiger partial charge is 0.174 e. The van der Waals surface area contributed by atoms with E-state index in [0.717, 1.165) is 44.3 Å². The molecule has 1 atom stereocenters. The van der Waals surface area contributed by atoms with E-state index in [0.29, 0.717) is 29.1 Å². The van der Waals surface area contributed by atoms with Crippen molar-refractivity contribution in [3.63, 3.8) is 0 Å². The molecule has 1 aliphatic heterocycles. The van der Waals surface area contributed by atoms with Gasteiger partial charge >= 0.3 is 0 Å². The summed E-state index contributed by atoms with van der Waals surface area (Å²) in [5, 5.41) is 1.44. The number of benzene rings is 4. The molecule has 1 unspecified atom stereocenters. The summed E-state index contributed by atoms with van der Waals surface area (Å²) in [4.78, 5) is 0. The van der Waals surface area contributed by atoms with E-state index in [9.17, 15) is 13.2 Å². The van der Waals surface area contributed by atoms with Gasteiger partial charge in [0, 0.05) is 28.3 Å². The average molecular weight is 567 g/mol. The number of methoxy groups -OCH3 is 2. The Bertz CT molecular complexity index is 1900. The van der Waals surface area contributed by atoms with Crippen molar-refractivity contribution in [2.45, 2.75) is 37.7 Å². The highest BCUT2D eigenvalue weighted by atomic mass is 19.1. The first-order valence-electron chi connectivity index (χ1n) is 13.9. The van der Waals surface area contributed by atoms with E-state index in [-0.39, 0.29) is 18.1 Å². The lowest BCUT2D eigenvalue weighted by Gasteiger charge is -2.40. The second-order valence-corrected chi connectivity index (χ2v) is 11.5. The Balaban J connectivity index is 1.54. The summed E-state index contributed by atoms with van der Waals surface area (Å²) in [5.74, 6) is 0.730. The van der Waals surface area contributed by atoms with Crippen LogP contribution in [0.15, 0.2) is 84.2 Å². The van der Waals surface area contributed by atoms with Gasteiger partial charge < -0.3 is 14.2 Å². The van der Waals surface area contributed by atoms with Crippen molar-refractivity contribution in [2.75, 3.05) is 14.2 Å². The molecule has 0 spiro atoms. The van der Waals surface area contributed by atoms with Crippen LogP contribution in [0.25, 0.3) is 28.0 Å². The van der Waals surface area contributed by atoms with Crippen molar-refractivity contribution in [3.05, 3.63) is 118 Å². The third kappa shape index (κ3) is 3.67. The summed E-state index contributed by atoms with van der Waals surface area (Å²) in [5.41, 5.74) is 4.51. The van der Waals surface area contributed by atoms with Crippen LogP contribution in [-0.4, -0.2) is 14.2 Å². The van der Waals surface area contributed by atoms with Crippen LogP contribution in [-0.2, 0) is 11.0 Å². The molecule has 3 aliphatic rings. The molecule has 0 N–H and O–H groups in total. The summed E-state index contributed by atoms with van der Waals surface area (Å²) in [6, 6.07) is 15.2. The maximum atomic E-state index is 14.9. The summed E-state index contributed by atoms with van der Waals surface area (Å²) in [6.07, 6.45) is 7.94. The van der Waals surface area contributed by atoms with Crippen LogP contribution < -0.4 is 14.2 Å². The maximum Gasteiger partial charge on any atom is 0.174 e. The SMILES string of the molecule is COc1ccc(C2(C3=CC=C(F)CC3)C=Cc3c4c(c5ccc(F)cc5c3O2)-c2ccc(F)cc2C4(C)C)cc1OC. The number of hydrogen-bond acceptors (Lipinski definition) is 3. The highest BCUT2D eigenvalue weighted by molar-refractivity contribution is 6.08. The minimum atomic E-state index is -1.13. The van der Waals surface area contributed by atoms with Gasteiger partial charge in [0.1, 0.15) is 23.2 Å². The zero-order chi connectivity index (χ0) is 29.4. The van der Waals surface area contributed by atoms with E-state index in [2.05, 4.69) is 13.8 Å². The fourth-order valence-corrected chi connectivity index (χ4v) is 6.93. The molecular formula is C36H29F3O3. The molecule has 0 bridgehead atoms. The standard InChI is InChI=1S/C36H29F3O3/c1-35(2)29-19-24(39)11-13-26(29)32-25-12-10-23(38)18-28(25)34-27(33(32)35)15-16-36(42-34,20-5-8-22(37)9-6-20)21-7-14-30(40-3)31(17-21)41-4/h5,7-8,10-19H,6,9H2,1-4H3. The van der Waals surface area contributed by atoms with Crippen molar-refractivity contribution in [1.82, 2.24) is 0 Å². The Kier molecular flexibility index (Phi) is 5.84. The van der Waals surface area contributed by atoms with Crippen molar-refractivity contribution in [3.8, 4) is 28.4 Å². The van der Waals surface area contributed by atoms with Gasteiger partial charge in [-0.1, -0.05) is 44.2 Å². The Morgan fingerprint density at radius 2 is 1.55 bits per heavy atom. The van der Waals surface area contributed by atoms with Gasteiger partial charge in [-0.25, -0.2) is 13.2 Å². The Morgan fingerprint density at radius 1 is 0.786 bits per heavy atom. The monoisotopic (exact) mass is 566 g/mol. The predicted octanol–water partition coefficient (Wildman–Crippen LogP) is 9.32. The van der Waals surface area contributed by atoms with Crippen molar-refractivity contribution in [1.29, 1.82) is 0 Å². The third-order valence-electron chi connectivity index (χ3n) is 8.94. The molecule has 0 saturated carbocycles. The number of fused-ring (bicyclic) bond motifs is 8. The second kappa shape index (κ2) is 9.28. The van der Waals surface area contributed by atoms with Gasteiger partial charge in [-0.2, -0.15) is 0 Å². The van der Waals surface area contributed by atoms with Gasteiger partial charge in [0.25, 0.3) is 0 Å². The largest absolute Gasteiger partial charge is 0.493 e. The first-order chi connectivity index (χ1) is 20.2. The minimum absolute atomic E-state index is 0.196. The van der Waals surface area contributed by atoms with Crippen LogP contribution in [0.1, 0.15) is 48.9 Å². The van der Waals surface area contributed by atoms with E-state index < -0.39 is 16.8 Å². The molecule has 3 nitrogen and oxygen atoms in total. The number of rotatable bonds is 4. The third-order valence-corrected chi connectivity index (χ3v) is 8.94. The molecule has 4 aromatic carbocycles. The Hall–Kier alpha value is -4.45. The quantitative estimate of drug-likeness (QED) is 0.246. The second-order valence-electron chi connectivity index (χ2n) is 11.5. The van der Waals surface area contributed by atoms with Crippen LogP contribution in [0, 0.1) is 11.6 Å². The summed E-state index contributed by atoms with van der Waals surface area (Å²) >= 11 is 0. The van der Waals surface area contributed by atoms with Crippen molar-refractivity contribution in [2.24, 2.45) is 0 Å². The normalized spacial score (nSPS) is 19.8. The van der Waals surface area contributed by atoms with Gasteiger partial charge in [-0.3, -0.25) is 0 Å². The summed E-state index contributed by atoms with van der Waals surface area (Å²) < 4.78 is 61.9. The molecule has 0 amide bonds. The molecule has 0 aromatic heterocycles. The molecule has 7 rings (SSSR count). The molecule has 4 aromatic rings. The molecule has 1 heterocycles. The highest BCUT2D eigenvalue weighted by Gasteiger charge is 2.45. The average Bonchev–Trinajstić information content (AvgIpc) is 3.23. The van der Waals surface area contributed by atoms with Crippen molar-refractivity contribution < 1.29 is 27.4 Å². The highest BCUT2D eigenvalue weighted by Crippen LogP contribution is 2.58. The molecule has 2 aliphatic carbocycles. The van der Waals surface area contributed by atoms with Gasteiger partial charge in [0.05, 0.1) is 14.2 Å². The maximum absolute atomic E-state index is 14.9. The molecule has 6 heteroatoms. The topological polar surface area (TPSA) is 27.7 Å². The van der Waals surface area contributed by atoms with Gasteiger partial charge in [-0.15, -0.1) is 0 Å². The molecule has 0 fully saturated rings. The van der Waals surface area contributed by atoms with Crippen LogP contribution in [0.3, 0.4) is 0 Å². The van der Waals surface area contributed by atoms with E-state index >= 15 is 0 Å². The van der Waals surface area contributed by atoms with E-state index in [1.165, 1.54) is 24.3 Å². The molecular weight excluding hydrogens is 537 g/mol. The van der Waals surface area contributed by atoms with Crippen molar-refractivity contribution >= 4 is 16.8 Å². The number of ether oxygens (including phenoxy) is 3. The van der Waals surface area contributed by atoms with Crippen LogP contribution in [0.2, 0.25) is 0 Å². The van der Waals surface area contributed by atoms with Gasteiger partial charge in [0.2, 0.25) is 0 Å². The Labute approximate surface area is 242 Å². The fraction of sp³-hybridized carbons (Fsp3) is 0.222. The zero-order valence-corrected chi connectivity index (χ0v) is 23.8. The van der Waals surface area contributed by atoms with Gasteiger partial charge in [-0.05, 0) is 88.2 Å². The van der Waals surface area contributed by atoms with E-state index in [1.807, 2.05) is 36.4 Å². The summed E-state index contributed by atoms with van der Waals surface area (Å²) in [6.45, 7) is 4.15. The lowest BCUT2D eigenvalue weighted by molar-refractivity contribution is 0.153. The Morgan fingerprint density at radius 3 is 2.29 bits per heavy atom. The van der Waals surface area contributed by atoms with E-state index in [1.54, 1.807) is 32.4 Å². The van der Waals surface area contributed by atoms with E-state index in [4.69, 9.17) is 14.2 Å². The van der Waals surface area contributed by atoms with Crippen LogP contribution in [0.5, 0.6) is 17.2 Å². The van der Waals surface area contributed by atoms with Crippen LogP contribution in [0.4, 0.5) is 13.2 Å². The number of allylic oxidation sites excluding steroid dienone is 3. The lowest BCUT2D eigenvalue weighted by atomic mass is 9.75.